The number of hydrogen-bond acceptors (Lipinski definition) is 7. The molecule has 10 heteroatoms. The Labute approximate surface area is 248 Å². The fraction of sp³-hybridized carbons (Fsp3) is 0.806. The van der Waals surface area contributed by atoms with Gasteiger partial charge in [0.1, 0.15) is 11.8 Å². The van der Waals surface area contributed by atoms with Crippen LogP contribution < -0.4 is 5.32 Å². The van der Waals surface area contributed by atoms with Crippen LogP contribution in [0, 0.1) is 0 Å². The Morgan fingerprint density at radius 3 is 2.02 bits per heavy atom. The lowest BCUT2D eigenvalue weighted by Crippen LogP contribution is -2.16. The van der Waals surface area contributed by atoms with Gasteiger partial charge >= 0.3 is 7.60 Å². The van der Waals surface area contributed by atoms with Crippen molar-refractivity contribution in [3.63, 3.8) is 0 Å². The van der Waals surface area contributed by atoms with Crippen molar-refractivity contribution in [1.82, 2.24) is 20.3 Å². The van der Waals surface area contributed by atoms with E-state index in [-0.39, 0.29) is 18.6 Å². The number of nitrogens with one attached hydrogen (secondary N) is 2. The first kappa shape index (κ1) is 35.7. The predicted molar refractivity (Wildman–Crippen MR) is 168 cm³/mol. The summed E-state index contributed by atoms with van der Waals surface area (Å²) < 4.78 is 23.1. The third-order valence-electron chi connectivity index (χ3n) is 7.50. The van der Waals surface area contributed by atoms with E-state index in [0.717, 1.165) is 18.6 Å². The number of aromatic hydroxyl groups is 1. The van der Waals surface area contributed by atoms with Crippen molar-refractivity contribution in [2.75, 3.05) is 32.5 Å². The zero-order chi connectivity index (χ0) is 29.4. The van der Waals surface area contributed by atoms with E-state index in [0.29, 0.717) is 43.6 Å². The summed E-state index contributed by atoms with van der Waals surface area (Å²) in [5, 5.41) is 13.0. The SMILES string of the molecule is CCCCCCCCCCCCCCCCCCOCCCOP(=O)(O)CCCNCc1c[nH]c2c(O)ncnc12. The van der Waals surface area contributed by atoms with Gasteiger partial charge in [-0.1, -0.05) is 103 Å². The van der Waals surface area contributed by atoms with Gasteiger partial charge < -0.3 is 29.6 Å². The number of hydrogen-bond donors (Lipinski definition) is 4. The standard InChI is InChI=1S/C31H57N4O5P/c1-2-3-4-5-6-7-8-9-10-11-12-13-14-15-16-17-21-39-22-19-23-40-41(37,38)24-18-20-32-25-28-26-33-30-29(28)34-27-35-31(30)36/h26-27,32-33H,2-25H2,1H3,(H,37,38)(H,34,35,36). The molecule has 0 saturated heterocycles. The monoisotopic (exact) mass is 596 g/mol. The quantitative estimate of drug-likeness (QED) is 0.0574. The highest BCUT2D eigenvalue weighted by Gasteiger charge is 2.18. The molecule has 0 saturated carbocycles. The Balaban J connectivity index is 1.30. The van der Waals surface area contributed by atoms with Gasteiger partial charge in [-0.3, -0.25) is 4.57 Å². The van der Waals surface area contributed by atoms with Crippen LogP contribution in [0.3, 0.4) is 0 Å². The van der Waals surface area contributed by atoms with Crippen LogP contribution in [0.15, 0.2) is 12.5 Å². The lowest BCUT2D eigenvalue weighted by molar-refractivity contribution is 0.113. The summed E-state index contributed by atoms with van der Waals surface area (Å²) in [5.41, 5.74) is 2.07. The number of ether oxygens (including phenoxy) is 1. The minimum atomic E-state index is -3.59. The highest BCUT2D eigenvalue weighted by molar-refractivity contribution is 7.52. The van der Waals surface area contributed by atoms with E-state index >= 15 is 0 Å². The molecule has 0 spiro atoms. The number of aromatic amines is 1. The van der Waals surface area contributed by atoms with E-state index in [1.807, 2.05) is 0 Å². The van der Waals surface area contributed by atoms with Crippen LogP contribution in [0.5, 0.6) is 5.88 Å². The number of nitrogens with zero attached hydrogens (tertiary/aromatic N) is 2. The molecule has 2 heterocycles. The van der Waals surface area contributed by atoms with Gasteiger partial charge in [0.15, 0.2) is 0 Å². The summed E-state index contributed by atoms with van der Waals surface area (Å²) in [5.74, 6) is -0.0785. The summed E-state index contributed by atoms with van der Waals surface area (Å²) in [4.78, 5) is 20.9. The predicted octanol–water partition coefficient (Wildman–Crippen LogP) is 8.01. The number of rotatable bonds is 28. The van der Waals surface area contributed by atoms with E-state index in [2.05, 4.69) is 27.2 Å². The minimum absolute atomic E-state index is 0.0785. The Morgan fingerprint density at radius 2 is 1.39 bits per heavy atom. The van der Waals surface area contributed by atoms with Gasteiger partial charge in [-0.2, -0.15) is 0 Å². The molecular formula is C31H57N4O5P. The Bertz CT molecular complexity index is 958. The summed E-state index contributed by atoms with van der Waals surface area (Å²) in [7, 11) is -3.59. The Morgan fingerprint density at radius 1 is 0.805 bits per heavy atom. The van der Waals surface area contributed by atoms with Gasteiger partial charge in [-0.05, 0) is 25.8 Å². The van der Waals surface area contributed by atoms with Crippen LogP contribution >= 0.6 is 7.60 Å². The van der Waals surface area contributed by atoms with E-state index < -0.39 is 7.60 Å². The first-order chi connectivity index (χ1) is 20.0. The van der Waals surface area contributed by atoms with E-state index in [1.165, 1.54) is 103 Å². The van der Waals surface area contributed by atoms with Gasteiger partial charge in [-0.25, -0.2) is 9.97 Å². The van der Waals surface area contributed by atoms with Crippen LogP contribution in [0.2, 0.25) is 0 Å². The highest BCUT2D eigenvalue weighted by Crippen LogP contribution is 2.42. The number of fused-ring (bicyclic) bond motifs is 1. The van der Waals surface area contributed by atoms with E-state index in [4.69, 9.17) is 9.26 Å². The van der Waals surface area contributed by atoms with Gasteiger partial charge in [0.05, 0.1) is 18.3 Å². The first-order valence-corrected chi connectivity index (χ1v) is 18.0. The average molecular weight is 597 g/mol. The third kappa shape index (κ3) is 17.3. The molecule has 236 valence electrons. The maximum Gasteiger partial charge on any atom is 0.328 e. The second kappa shape index (κ2) is 23.0. The lowest BCUT2D eigenvalue weighted by atomic mass is 10.0. The molecule has 41 heavy (non-hydrogen) atoms. The molecule has 0 aliphatic heterocycles. The molecule has 4 N–H and O–H groups in total. The zero-order valence-corrected chi connectivity index (χ0v) is 26.5. The third-order valence-corrected chi connectivity index (χ3v) is 8.97. The smallest absolute Gasteiger partial charge is 0.328 e. The zero-order valence-electron chi connectivity index (χ0n) is 25.6. The first-order valence-electron chi connectivity index (χ1n) is 16.3. The van der Waals surface area contributed by atoms with Crippen LogP contribution in [-0.4, -0.2) is 57.5 Å². The molecule has 2 aromatic heterocycles. The maximum atomic E-state index is 12.2. The van der Waals surface area contributed by atoms with Gasteiger partial charge in [-0.15, -0.1) is 0 Å². The van der Waals surface area contributed by atoms with Gasteiger partial charge in [0.2, 0.25) is 5.88 Å². The Hall–Kier alpha value is -1.51. The van der Waals surface area contributed by atoms with Crippen molar-refractivity contribution in [3.05, 3.63) is 18.1 Å². The molecule has 2 rings (SSSR count). The molecule has 0 amide bonds. The summed E-state index contributed by atoms with van der Waals surface area (Å²) in [6.07, 6.45) is 26.1. The fourth-order valence-electron chi connectivity index (χ4n) is 5.03. The lowest BCUT2D eigenvalue weighted by Gasteiger charge is -2.12. The van der Waals surface area contributed by atoms with Crippen molar-refractivity contribution >= 4 is 18.6 Å². The molecule has 1 unspecified atom stereocenters. The summed E-state index contributed by atoms with van der Waals surface area (Å²) >= 11 is 0. The second-order valence-electron chi connectivity index (χ2n) is 11.2. The van der Waals surface area contributed by atoms with E-state index in [1.54, 1.807) is 6.20 Å². The largest absolute Gasteiger partial charge is 0.492 e. The molecule has 0 fully saturated rings. The van der Waals surface area contributed by atoms with Crippen molar-refractivity contribution in [1.29, 1.82) is 0 Å². The van der Waals surface area contributed by atoms with Crippen LogP contribution in [0.1, 0.15) is 128 Å². The van der Waals surface area contributed by atoms with Crippen LogP contribution in [-0.2, 0) is 20.4 Å². The molecule has 0 aromatic carbocycles. The molecule has 2 aromatic rings. The van der Waals surface area contributed by atoms with Crippen molar-refractivity contribution in [2.24, 2.45) is 0 Å². The van der Waals surface area contributed by atoms with E-state index in [9.17, 15) is 14.6 Å². The fourth-order valence-corrected chi connectivity index (χ4v) is 6.13. The molecule has 0 aliphatic rings. The minimum Gasteiger partial charge on any atom is -0.492 e. The van der Waals surface area contributed by atoms with Gasteiger partial charge in [0, 0.05) is 31.5 Å². The van der Waals surface area contributed by atoms with Crippen molar-refractivity contribution < 1.29 is 23.8 Å². The highest BCUT2D eigenvalue weighted by atomic mass is 31.2. The summed E-state index contributed by atoms with van der Waals surface area (Å²) in [6.45, 7) is 4.93. The normalized spacial score (nSPS) is 13.2. The second-order valence-corrected chi connectivity index (χ2v) is 13.2. The molecule has 0 radical (unpaired) electrons. The topological polar surface area (TPSA) is 130 Å². The Kier molecular flexibility index (Phi) is 20.0. The van der Waals surface area contributed by atoms with Crippen LogP contribution in [0.25, 0.3) is 11.0 Å². The average Bonchev–Trinajstić information content (AvgIpc) is 3.38. The molecular weight excluding hydrogens is 539 g/mol. The van der Waals surface area contributed by atoms with Crippen LogP contribution in [0.4, 0.5) is 0 Å². The number of unbranched alkanes of at least 4 members (excludes halogenated alkanes) is 15. The number of H-pyrrole nitrogens is 1. The van der Waals surface area contributed by atoms with Crippen molar-refractivity contribution in [3.8, 4) is 5.88 Å². The molecule has 0 bridgehead atoms. The maximum absolute atomic E-state index is 12.2. The number of aromatic nitrogens is 3. The molecule has 0 aliphatic carbocycles. The summed E-state index contributed by atoms with van der Waals surface area (Å²) in [6, 6.07) is 0. The molecule has 1 atom stereocenters. The molecule has 9 nitrogen and oxygen atoms in total. The van der Waals surface area contributed by atoms with Gasteiger partial charge in [0.25, 0.3) is 0 Å². The van der Waals surface area contributed by atoms with Crippen molar-refractivity contribution in [2.45, 2.75) is 129 Å².